The minimum Gasteiger partial charge on any atom is -0.496 e. The molecule has 1 aromatic heterocycles. The van der Waals surface area contributed by atoms with Gasteiger partial charge in [0.2, 0.25) is 0 Å². The second-order valence-electron chi connectivity index (χ2n) is 6.38. The maximum Gasteiger partial charge on any atom is 0.433 e. The molecule has 5 nitrogen and oxygen atoms in total. The second-order valence-corrected chi connectivity index (χ2v) is 6.38. The van der Waals surface area contributed by atoms with Gasteiger partial charge in [-0.3, -0.25) is 0 Å². The molecule has 26 heavy (non-hydrogen) atoms. The zero-order valence-electron chi connectivity index (χ0n) is 15.1. The Morgan fingerprint density at radius 3 is 2.19 bits per heavy atom. The van der Waals surface area contributed by atoms with Crippen molar-refractivity contribution < 1.29 is 27.4 Å². The van der Waals surface area contributed by atoms with E-state index < -0.39 is 11.9 Å². The van der Waals surface area contributed by atoms with Crippen molar-refractivity contribution in [1.82, 2.24) is 4.98 Å². The Morgan fingerprint density at radius 2 is 1.65 bits per heavy atom. The van der Waals surface area contributed by atoms with Gasteiger partial charge in [0.15, 0.2) is 0 Å². The number of benzene rings is 1. The summed E-state index contributed by atoms with van der Waals surface area (Å²) in [6, 6.07) is 4.31. The van der Waals surface area contributed by atoms with Gasteiger partial charge in [0.05, 0.1) is 37.5 Å². The minimum atomic E-state index is -4.57. The van der Waals surface area contributed by atoms with Crippen LogP contribution in [0.15, 0.2) is 18.2 Å². The Kier molecular flexibility index (Phi) is 4.88. The summed E-state index contributed by atoms with van der Waals surface area (Å²) in [5.74, 6) is 0.714. The summed E-state index contributed by atoms with van der Waals surface area (Å²) in [6.07, 6.45) is -4.78. The summed E-state index contributed by atoms with van der Waals surface area (Å²) in [4.78, 5) is 5.72. The maximum absolute atomic E-state index is 13.5. The first-order chi connectivity index (χ1) is 12.2. The smallest absolute Gasteiger partial charge is 0.433 e. The lowest BCUT2D eigenvalue weighted by Crippen LogP contribution is -2.45. The van der Waals surface area contributed by atoms with E-state index in [2.05, 4.69) is 4.98 Å². The third-order valence-corrected chi connectivity index (χ3v) is 4.36. The van der Waals surface area contributed by atoms with Crippen LogP contribution in [0, 0.1) is 0 Å². The molecular formula is C18H21F3N2O3. The van der Waals surface area contributed by atoms with E-state index in [4.69, 9.17) is 14.2 Å². The van der Waals surface area contributed by atoms with Crippen molar-refractivity contribution in [3.05, 3.63) is 23.9 Å². The monoisotopic (exact) mass is 370 g/mol. The number of methoxy groups -OCH3 is 2. The number of fused-ring (bicyclic) bond motifs is 1. The fourth-order valence-electron chi connectivity index (χ4n) is 3.37. The Hall–Kier alpha value is -2.22. The van der Waals surface area contributed by atoms with Crippen LogP contribution >= 0.6 is 0 Å². The Bertz CT molecular complexity index is 800. The third-order valence-electron chi connectivity index (χ3n) is 4.36. The van der Waals surface area contributed by atoms with Crippen LogP contribution in [-0.2, 0) is 10.9 Å². The van der Waals surface area contributed by atoms with Gasteiger partial charge in [-0.05, 0) is 32.0 Å². The normalized spacial score (nSPS) is 21.1. The molecular weight excluding hydrogens is 349 g/mol. The van der Waals surface area contributed by atoms with Crippen LogP contribution in [0.4, 0.5) is 18.9 Å². The molecule has 2 atom stereocenters. The Balaban J connectivity index is 2.31. The number of halogens is 3. The van der Waals surface area contributed by atoms with E-state index >= 15 is 0 Å². The summed E-state index contributed by atoms with van der Waals surface area (Å²) in [6.45, 7) is 4.74. The Labute approximate surface area is 149 Å². The number of anilines is 1. The number of ether oxygens (including phenoxy) is 3. The van der Waals surface area contributed by atoms with Gasteiger partial charge in [-0.1, -0.05) is 0 Å². The van der Waals surface area contributed by atoms with E-state index in [0.717, 1.165) is 6.07 Å². The lowest BCUT2D eigenvalue weighted by Gasteiger charge is -2.37. The molecule has 3 rings (SSSR count). The van der Waals surface area contributed by atoms with Gasteiger partial charge in [0, 0.05) is 13.1 Å². The number of pyridine rings is 1. The van der Waals surface area contributed by atoms with Gasteiger partial charge in [-0.15, -0.1) is 0 Å². The molecule has 2 heterocycles. The van der Waals surface area contributed by atoms with Crippen molar-refractivity contribution in [3.8, 4) is 11.5 Å². The summed E-state index contributed by atoms with van der Waals surface area (Å²) < 4.78 is 56.7. The van der Waals surface area contributed by atoms with E-state index in [1.807, 2.05) is 18.7 Å². The highest BCUT2D eigenvalue weighted by atomic mass is 19.4. The van der Waals surface area contributed by atoms with Crippen molar-refractivity contribution in [1.29, 1.82) is 0 Å². The van der Waals surface area contributed by atoms with E-state index in [-0.39, 0.29) is 23.5 Å². The fraction of sp³-hybridized carbons (Fsp3) is 0.500. The first-order valence-corrected chi connectivity index (χ1v) is 8.28. The molecule has 0 unspecified atom stereocenters. The molecule has 2 aromatic rings. The standard InChI is InChI=1S/C18H21F3N2O3/c1-10-8-23(9-11(2)26-10)12-7-15(18(19,20)21)22-17-14(25-4)6-5-13(24-3)16(12)17/h5-7,10-11H,8-9H2,1-4H3/t10-,11-/m0/s1. The quantitative estimate of drug-likeness (QED) is 0.820. The van der Waals surface area contributed by atoms with Gasteiger partial charge < -0.3 is 19.1 Å². The van der Waals surface area contributed by atoms with Crippen LogP contribution in [0.25, 0.3) is 10.9 Å². The largest absolute Gasteiger partial charge is 0.496 e. The molecule has 0 aliphatic carbocycles. The number of aromatic nitrogens is 1. The topological polar surface area (TPSA) is 43.8 Å². The van der Waals surface area contributed by atoms with E-state index in [9.17, 15) is 13.2 Å². The van der Waals surface area contributed by atoms with Crippen LogP contribution in [0.2, 0.25) is 0 Å². The molecule has 1 aliphatic heterocycles. The van der Waals surface area contributed by atoms with Crippen LogP contribution in [-0.4, -0.2) is 44.5 Å². The zero-order valence-corrected chi connectivity index (χ0v) is 15.1. The van der Waals surface area contributed by atoms with Crippen LogP contribution < -0.4 is 14.4 Å². The molecule has 0 saturated carbocycles. The van der Waals surface area contributed by atoms with E-state index in [1.54, 1.807) is 12.1 Å². The molecule has 1 aliphatic rings. The number of rotatable bonds is 3. The Morgan fingerprint density at radius 1 is 1.08 bits per heavy atom. The zero-order chi connectivity index (χ0) is 19.1. The van der Waals surface area contributed by atoms with Gasteiger partial charge in [0.25, 0.3) is 0 Å². The molecule has 0 amide bonds. The third kappa shape index (κ3) is 3.38. The molecule has 1 aromatic carbocycles. The van der Waals surface area contributed by atoms with Gasteiger partial charge >= 0.3 is 6.18 Å². The number of morpholine rings is 1. The van der Waals surface area contributed by atoms with Crippen molar-refractivity contribution in [2.75, 3.05) is 32.2 Å². The summed E-state index contributed by atoms with van der Waals surface area (Å²) in [5.41, 5.74) is -0.415. The van der Waals surface area contributed by atoms with Crippen molar-refractivity contribution >= 4 is 16.6 Å². The first-order valence-electron chi connectivity index (χ1n) is 8.28. The predicted molar refractivity (Wildman–Crippen MR) is 92.1 cm³/mol. The van der Waals surface area contributed by atoms with Gasteiger partial charge in [0.1, 0.15) is 22.7 Å². The molecule has 1 fully saturated rings. The van der Waals surface area contributed by atoms with E-state index in [0.29, 0.717) is 29.9 Å². The fourth-order valence-corrected chi connectivity index (χ4v) is 3.37. The highest BCUT2D eigenvalue weighted by Gasteiger charge is 2.36. The molecule has 8 heteroatoms. The van der Waals surface area contributed by atoms with Crippen LogP contribution in [0.3, 0.4) is 0 Å². The average molecular weight is 370 g/mol. The van der Waals surface area contributed by atoms with E-state index in [1.165, 1.54) is 14.2 Å². The second kappa shape index (κ2) is 6.83. The van der Waals surface area contributed by atoms with Gasteiger partial charge in [-0.2, -0.15) is 13.2 Å². The SMILES string of the molecule is COc1ccc(OC)c2c(N3C[C@H](C)O[C@@H](C)C3)cc(C(F)(F)F)nc12. The highest BCUT2D eigenvalue weighted by Crippen LogP contribution is 2.42. The number of hydrogen-bond donors (Lipinski definition) is 0. The molecule has 0 radical (unpaired) electrons. The maximum atomic E-state index is 13.5. The molecule has 0 bridgehead atoms. The summed E-state index contributed by atoms with van der Waals surface area (Å²) >= 11 is 0. The first kappa shape index (κ1) is 18.6. The van der Waals surface area contributed by atoms with Crippen molar-refractivity contribution in [2.45, 2.75) is 32.2 Å². The molecule has 1 saturated heterocycles. The number of hydrogen-bond acceptors (Lipinski definition) is 5. The van der Waals surface area contributed by atoms with Crippen molar-refractivity contribution in [3.63, 3.8) is 0 Å². The predicted octanol–water partition coefficient (Wildman–Crippen LogP) is 3.88. The summed E-state index contributed by atoms with van der Waals surface area (Å²) in [5, 5.41) is 0.501. The molecule has 0 spiro atoms. The van der Waals surface area contributed by atoms with Crippen LogP contribution in [0.1, 0.15) is 19.5 Å². The number of alkyl halides is 3. The number of nitrogens with zero attached hydrogens (tertiary/aromatic N) is 2. The molecule has 142 valence electrons. The lowest BCUT2D eigenvalue weighted by atomic mass is 10.1. The summed E-state index contributed by atoms with van der Waals surface area (Å²) in [7, 11) is 2.88. The van der Waals surface area contributed by atoms with Gasteiger partial charge in [-0.25, -0.2) is 4.98 Å². The molecule has 0 N–H and O–H groups in total. The lowest BCUT2D eigenvalue weighted by molar-refractivity contribution is -0.140. The highest BCUT2D eigenvalue weighted by molar-refractivity contribution is 6.00. The minimum absolute atomic E-state index is 0.104. The van der Waals surface area contributed by atoms with Crippen molar-refractivity contribution in [2.24, 2.45) is 0 Å². The van der Waals surface area contributed by atoms with Crippen LogP contribution in [0.5, 0.6) is 11.5 Å². The average Bonchev–Trinajstić information content (AvgIpc) is 2.58.